The maximum absolute atomic E-state index is 10.4. The summed E-state index contributed by atoms with van der Waals surface area (Å²) in [5, 5.41) is 10.4. The fraction of sp³-hybridized carbons (Fsp3) is 0.250. The van der Waals surface area contributed by atoms with Gasteiger partial charge in [0.2, 0.25) is 0 Å². The fourth-order valence-electron chi connectivity index (χ4n) is 2.56. The van der Waals surface area contributed by atoms with Gasteiger partial charge in [0.25, 0.3) is 0 Å². The second kappa shape index (κ2) is 5.99. The number of rotatable bonds is 2. The van der Waals surface area contributed by atoms with Gasteiger partial charge in [0.05, 0.1) is 13.2 Å². The molecule has 0 fully saturated rings. The van der Waals surface area contributed by atoms with E-state index in [0.717, 1.165) is 25.8 Å². The molecule has 0 saturated carbocycles. The van der Waals surface area contributed by atoms with Crippen LogP contribution in [0.3, 0.4) is 0 Å². The minimum atomic E-state index is -0.546. The second-order valence-electron chi connectivity index (χ2n) is 4.93. The highest BCUT2D eigenvalue weighted by molar-refractivity contribution is 9.10. The molecule has 21 heavy (non-hydrogen) atoms. The van der Waals surface area contributed by atoms with Gasteiger partial charge in [0.1, 0.15) is 17.6 Å². The van der Waals surface area contributed by atoms with Crippen LogP contribution in [0.15, 0.2) is 45.3 Å². The smallest absolute Gasteiger partial charge is 0.130 e. The average molecular weight is 414 g/mol. The Morgan fingerprint density at radius 2 is 1.81 bits per heavy atom. The van der Waals surface area contributed by atoms with Crippen LogP contribution in [0.25, 0.3) is 0 Å². The Bertz CT molecular complexity index is 673. The Morgan fingerprint density at radius 3 is 2.57 bits per heavy atom. The third kappa shape index (κ3) is 2.96. The van der Waals surface area contributed by atoms with Crippen LogP contribution < -0.4 is 9.47 Å². The second-order valence-corrected chi connectivity index (χ2v) is 6.76. The predicted molar refractivity (Wildman–Crippen MR) is 87.8 cm³/mol. The van der Waals surface area contributed by atoms with E-state index in [1.54, 1.807) is 7.11 Å². The van der Waals surface area contributed by atoms with Gasteiger partial charge in [-0.1, -0.05) is 37.9 Å². The summed E-state index contributed by atoms with van der Waals surface area (Å²) in [6.07, 6.45) is -0.286. The van der Waals surface area contributed by atoms with Crippen molar-refractivity contribution >= 4 is 31.9 Å². The summed E-state index contributed by atoms with van der Waals surface area (Å²) in [7, 11) is 1.64. The summed E-state index contributed by atoms with van der Waals surface area (Å²) in [5.41, 5.74) is 1.75. The number of hydrogen-bond donors (Lipinski definition) is 1. The third-order valence-corrected chi connectivity index (χ3v) is 4.57. The molecule has 0 amide bonds. The fourth-order valence-corrected chi connectivity index (χ4v) is 3.28. The molecule has 1 N–H and O–H groups in total. The van der Waals surface area contributed by atoms with Crippen LogP contribution in [-0.2, 0) is 0 Å². The monoisotopic (exact) mass is 412 g/mol. The lowest BCUT2D eigenvalue weighted by Gasteiger charge is -2.30. The Labute approximate surface area is 140 Å². The summed E-state index contributed by atoms with van der Waals surface area (Å²) < 4.78 is 13.4. The van der Waals surface area contributed by atoms with Gasteiger partial charge >= 0.3 is 0 Å². The van der Waals surface area contributed by atoms with Crippen molar-refractivity contribution < 1.29 is 14.6 Å². The number of aliphatic hydroxyl groups is 1. The van der Waals surface area contributed by atoms with Gasteiger partial charge in [0, 0.05) is 26.5 Å². The van der Waals surface area contributed by atoms with E-state index in [-0.39, 0.29) is 6.10 Å². The Morgan fingerprint density at radius 1 is 1.10 bits per heavy atom. The first-order valence-electron chi connectivity index (χ1n) is 6.56. The average Bonchev–Trinajstić information content (AvgIpc) is 2.46. The van der Waals surface area contributed by atoms with Crippen molar-refractivity contribution in [2.45, 2.75) is 18.6 Å². The third-order valence-electron chi connectivity index (χ3n) is 3.58. The van der Waals surface area contributed by atoms with Crippen molar-refractivity contribution in [2.24, 2.45) is 0 Å². The number of aliphatic hydroxyl groups excluding tert-OH is 1. The van der Waals surface area contributed by atoms with E-state index in [2.05, 4.69) is 31.9 Å². The van der Waals surface area contributed by atoms with Gasteiger partial charge < -0.3 is 14.6 Å². The molecular weight excluding hydrogens is 400 g/mol. The molecule has 0 aliphatic carbocycles. The van der Waals surface area contributed by atoms with E-state index in [1.807, 2.05) is 36.4 Å². The minimum Gasteiger partial charge on any atom is -0.496 e. The molecule has 2 atom stereocenters. The highest BCUT2D eigenvalue weighted by Crippen LogP contribution is 2.44. The lowest BCUT2D eigenvalue weighted by atomic mass is 9.94. The maximum atomic E-state index is 10.4. The number of hydrogen-bond acceptors (Lipinski definition) is 3. The zero-order valence-corrected chi connectivity index (χ0v) is 14.5. The SMILES string of the molecule is COc1ccc(Br)cc1C1C[C@H](O)c2ccc(Br)cc2O1. The molecule has 1 unspecified atom stereocenters. The number of ether oxygens (including phenoxy) is 2. The highest BCUT2D eigenvalue weighted by atomic mass is 79.9. The molecule has 2 aromatic carbocycles. The van der Waals surface area contributed by atoms with Crippen molar-refractivity contribution in [1.29, 1.82) is 0 Å². The lowest BCUT2D eigenvalue weighted by molar-refractivity contribution is 0.0644. The molecule has 1 aliphatic heterocycles. The summed E-state index contributed by atoms with van der Waals surface area (Å²) in [6.45, 7) is 0. The number of fused-ring (bicyclic) bond motifs is 1. The normalized spacial score (nSPS) is 20.6. The van der Waals surface area contributed by atoms with Crippen LogP contribution in [0, 0.1) is 0 Å². The Kier molecular flexibility index (Phi) is 4.24. The minimum absolute atomic E-state index is 0.241. The largest absolute Gasteiger partial charge is 0.496 e. The van der Waals surface area contributed by atoms with Gasteiger partial charge in [-0.3, -0.25) is 0 Å². The topological polar surface area (TPSA) is 38.7 Å². The van der Waals surface area contributed by atoms with E-state index in [4.69, 9.17) is 9.47 Å². The molecule has 5 heteroatoms. The van der Waals surface area contributed by atoms with Crippen molar-refractivity contribution in [3.8, 4) is 11.5 Å². The van der Waals surface area contributed by atoms with Crippen molar-refractivity contribution in [3.63, 3.8) is 0 Å². The van der Waals surface area contributed by atoms with E-state index >= 15 is 0 Å². The Hall–Kier alpha value is -1.04. The van der Waals surface area contributed by atoms with Gasteiger partial charge in [0.15, 0.2) is 0 Å². The van der Waals surface area contributed by atoms with E-state index in [0.29, 0.717) is 12.2 Å². The first kappa shape index (κ1) is 14.9. The van der Waals surface area contributed by atoms with Crippen molar-refractivity contribution in [2.75, 3.05) is 7.11 Å². The molecule has 0 spiro atoms. The van der Waals surface area contributed by atoms with Crippen LogP contribution in [0.4, 0.5) is 0 Å². The number of methoxy groups -OCH3 is 1. The zero-order chi connectivity index (χ0) is 15.0. The first-order valence-corrected chi connectivity index (χ1v) is 8.14. The molecule has 1 heterocycles. The quantitative estimate of drug-likeness (QED) is 0.769. The van der Waals surface area contributed by atoms with Gasteiger partial charge in [-0.25, -0.2) is 0 Å². The lowest BCUT2D eigenvalue weighted by Crippen LogP contribution is -2.19. The summed E-state index contributed by atoms with van der Waals surface area (Å²) in [4.78, 5) is 0. The highest BCUT2D eigenvalue weighted by Gasteiger charge is 2.30. The van der Waals surface area contributed by atoms with Crippen molar-refractivity contribution in [1.82, 2.24) is 0 Å². The van der Waals surface area contributed by atoms with Crippen LogP contribution >= 0.6 is 31.9 Å². The van der Waals surface area contributed by atoms with E-state index in [1.165, 1.54) is 0 Å². The van der Waals surface area contributed by atoms with Gasteiger partial charge in [-0.15, -0.1) is 0 Å². The zero-order valence-electron chi connectivity index (χ0n) is 11.3. The van der Waals surface area contributed by atoms with Crippen LogP contribution in [0.5, 0.6) is 11.5 Å². The molecule has 0 bridgehead atoms. The molecule has 2 aromatic rings. The van der Waals surface area contributed by atoms with Crippen LogP contribution in [-0.4, -0.2) is 12.2 Å². The summed E-state index contributed by atoms with van der Waals surface area (Å²) in [5.74, 6) is 1.46. The molecule has 3 rings (SSSR count). The first-order chi connectivity index (χ1) is 10.1. The van der Waals surface area contributed by atoms with Crippen LogP contribution in [0.2, 0.25) is 0 Å². The maximum Gasteiger partial charge on any atom is 0.130 e. The standard InChI is InChI=1S/C16H14Br2O3/c1-20-14-5-3-9(17)6-12(14)16-8-13(19)11-4-2-10(18)7-15(11)21-16/h2-7,13,16,19H,8H2,1H3/t13-,16?/m0/s1. The Balaban J connectivity index is 2.01. The van der Waals surface area contributed by atoms with Crippen LogP contribution in [0.1, 0.15) is 29.8 Å². The molecule has 3 nitrogen and oxygen atoms in total. The van der Waals surface area contributed by atoms with Gasteiger partial charge in [-0.05, 0) is 30.3 Å². The number of halogens is 2. The molecular formula is C16H14Br2O3. The number of benzene rings is 2. The molecule has 0 aromatic heterocycles. The summed E-state index contributed by atoms with van der Waals surface area (Å²) >= 11 is 6.90. The summed E-state index contributed by atoms with van der Waals surface area (Å²) in [6, 6.07) is 11.5. The van der Waals surface area contributed by atoms with Crippen molar-refractivity contribution in [3.05, 3.63) is 56.5 Å². The van der Waals surface area contributed by atoms with E-state index < -0.39 is 6.10 Å². The molecule has 110 valence electrons. The van der Waals surface area contributed by atoms with E-state index in [9.17, 15) is 5.11 Å². The van der Waals surface area contributed by atoms with Gasteiger partial charge in [-0.2, -0.15) is 0 Å². The molecule has 0 saturated heterocycles. The molecule has 0 radical (unpaired) electrons. The molecule has 1 aliphatic rings. The predicted octanol–water partition coefficient (Wildman–Crippen LogP) is 4.78.